The number of benzene rings is 3. The molecule has 250 valence electrons. The summed E-state index contributed by atoms with van der Waals surface area (Å²) in [6.07, 6.45) is -2.89. The van der Waals surface area contributed by atoms with Gasteiger partial charge in [0.05, 0.1) is 12.7 Å². The summed E-state index contributed by atoms with van der Waals surface area (Å²) in [5.41, 5.74) is 6.77. The Bertz CT molecular complexity index is 1620. The zero-order chi connectivity index (χ0) is 33.3. The lowest BCUT2D eigenvalue weighted by molar-refractivity contribution is -0.114. The average molecular weight is 647 g/mol. The maximum Gasteiger partial charge on any atom is 0.161 e. The van der Waals surface area contributed by atoms with Crippen LogP contribution in [0.2, 0.25) is 0 Å². The zero-order valence-corrected chi connectivity index (χ0v) is 26.5. The molecule has 0 fully saturated rings. The second kappa shape index (κ2) is 16.1. The largest absolute Gasteiger partial charge is 0.488 e. The van der Waals surface area contributed by atoms with Gasteiger partial charge in [0.25, 0.3) is 0 Å². The summed E-state index contributed by atoms with van der Waals surface area (Å²) >= 11 is 0. The third kappa shape index (κ3) is 8.58. The monoisotopic (exact) mass is 646 g/mol. The normalized spacial score (nSPS) is 15.0. The second-order valence-corrected chi connectivity index (χ2v) is 11.5. The summed E-state index contributed by atoms with van der Waals surface area (Å²) in [7, 11) is 0. The SMILES string of the molecule is Cc1cc(CNCC(O)C(O)C(O)C(O)CO)c(OCc2cccnc2)cc1OCc1cccc(-c2ccc3c(c2)OCCO3)c1C. The van der Waals surface area contributed by atoms with E-state index < -0.39 is 31.0 Å². The van der Waals surface area contributed by atoms with Crippen LogP contribution in [0.25, 0.3) is 11.1 Å². The van der Waals surface area contributed by atoms with E-state index in [1.807, 2.05) is 61.5 Å². The van der Waals surface area contributed by atoms with Crippen LogP contribution in [0.5, 0.6) is 23.0 Å². The molecule has 1 aromatic heterocycles. The van der Waals surface area contributed by atoms with Gasteiger partial charge in [-0.2, -0.15) is 0 Å². The highest BCUT2D eigenvalue weighted by atomic mass is 16.6. The van der Waals surface area contributed by atoms with Gasteiger partial charge >= 0.3 is 0 Å². The summed E-state index contributed by atoms with van der Waals surface area (Å²) in [6.45, 7) is 5.12. The van der Waals surface area contributed by atoms with E-state index in [4.69, 9.17) is 24.1 Å². The lowest BCUT2D eigenvalue weighted by atomic mass is 9.96. The Balaban J connectivity index is 1.31. The van der Waals surface area contributed by atoms with Crippen LogP contribution in [0.3, 0.4) is 0 Å². The number of pyridine rings is 1. The number of aromatic nitrogens is 1. The van der Waals surface area contributed by atoms with Gasteiger partial charge < -0.3 is 49.8 Å². The number of nitrogens with one attached hydrogen (secondary N) is 1. The number of fused-ring (bicyclic) bond motifs is 1. The molecule has 0 bridgehead atoms. The van der Waals surface area contributed by atoms with E-state index in [-0.39, 0.29) is 19.7 Å². The Morgan fingerprint density at radius 3 is 2.34 bits per heavy atom. The van der Waals surface area contributed by atoms with Crippen molar-refractivity contribution in [3.05, 3.63) is 101 Å². The van der Waals surface area contributed by atoms with Crippen molar-refractivity contribution in [1.82, 2.24) is 10.3 Å². The van der Waals surface area contributed by atoms with Crippen LogP contribution in [0, 0.1) is 13.8 Å². The fourth-order valence-electron chi connectivity index (χ4n) is 5.36. The van der Waals surface area contributed by atoms with Crippen LogP contribution in [-0.2, 0) is 19.8 Å². The fraction of sp³-hybridized carbons (Fsp3) is 0.361. The van der Waals surface area contributed by atoms with E-state index in [1.54, 1.807) is 12.4 Å². The number of ether oxygens (including phenoxy) is 4. The minimum absolute atomic E-state index is 0.0886. The fourth-order valence-corrected chi connectivity index (χ4v) is 5.36. The molecule has 4 aromatic rings. The van der Waals surface area contributed by atoms with Gasteiger partial charge in [0.1, 0.15) is 56.2 Å². The number of nitrogens with zero attached hydrogens (tertiary/aromatic N) is 1. The van der Waals surface area contributed by atoms with E-state index in [0.29, 0.717) is 31.3 Å². The molecule has 0 amide bonds. The summed E-state index contributed by atoms with van der Waals surface area (Å²) in [5, 5.41) is 52.1. The number of hydrogen-bond acceptors (Lipinski definition) is 11. The number of rotatable bonds is 15. The molecule has 0 aliphatic carbocycles. The molecule has 11 nitrogen and oxygen atoms in total. The molecule has 4 atom stereocenters. The molecule has 0 radical (unpaired) electrons. The van der Waals surface area contributed by atoms with E-state index >= 15 is 0 Å². The van der Waals surface area contributed by atoms with E-state index in [0.717, 1.165) is 50.4 Å². The minimum Gasteiger partial charge on any atom is -0.488 e. The highest BCUT2D eigenvalue weighted by Gasteiger charge is 2.29. The lowest BCUT2D eigenvalue weighted by Crippen LogP contribution is -2.48. The van der Waals surface area contributed by atoms with Crippen LogP contribution in [-0.4, -0.2) is 81.3 Å². The van der Waals surface area contributed by atoms with Gasteiger partial charge in [-0.1, -0.05) is 30.3 Å². The first-order chi connectivity index (χ1) is 22.7. The Morgan fingerprint density at radius 1 is 0.809 bits per heavy atom. The maximum atomic E-state index is 10.3. The van der Waals surface area contributed by atoms with Gasteiger partial charge in [0.15, 0.2) is 11.5 Å². The minimum atomic E-state index is -1.69. The third-order valence-electron chi connectivity index (χ3n) is 8.15. The van der Waals surface area contributed by atoms with Crippen molar-refractivity contribution in [3.8, 4) is 34.1 Å². The van der Waals surface area contributed by atoms with E-state index in [9.17, 15) is 20.4 Å². The number of aryl methyl sites for hydroxylation is 1. The first kappa shape index (κ1) is 34.1. The maximum absolute atomic E-state index is 10.3. The van der Waals surface area contributed by atoms with Crippen LogP contribution >= 0.6 is 0 Å². The molecular formula is C36H42N2O9. The van der Waals surface area contributed by atoms with Crippen LogP contribution in [0.15, 0.2) is 73.1 Å². The summed E-state index contributed by atoms with van der Waals surface area (Å²) in [4.78, 5) is 4.15. The van der Waals surface area contributed by atoms with Gasteiger partial charge in [0.2, 0.25) is 0 Å². The van der Waals surface area contributed by atoms with Gasteiger partial charge in [-0.05, 0) is 65.9 Å². The molecular weight excluding hydrogens is 604 g/mol. The first-order valence-electron chi connectivity index (χ1n) is 15.6. The van der Waals surface area contributed by atoms with E-state index in [2.05, 4.69) is 23.3 Å². The molecule has 11 heteroatoms. The van der Waals surface area contributed by atoms with Gasteiger partial charge in [-0.25, -0.2) is 0 Å². The molecule has 6 N–H and O–H groups in total. The Kier molecular flexibility index (Phi) is 11.6. The molecule has 1 aliphatic heterocycles. The van der Waals surface area contributed by atoms with Crippen molar-refractivity contribution >= 4 is 0 Å². The molecule has 5 rings (SSSR count). The standard InChI is InChI=1S/C36H42N2O9/c1-22-13-27(17-38-18-29(40)35(42)36(43)30(41)19-39)33(46-20-24-5-4-10-37-16-24)15-32(22)47-21-26-6-3-7-28(23(26)2)25-8-9-31-34(14-25)45-12-11-44-31/h3-10,13-16,29-30,35-36,38-43H,11-12,17-21H2,1-2H3. The molecule has 1 aliphatic rings. The lowest BCUT2D eigenvalue weighted by Gasteiger charge is -2.26. The quantitative estimate of drug-likeness (QED) is 0.113. The molecule has 0 saturated carbocycles. The van der Waals surface area contributed by atoms with Crippen LogP contribution < -0.4 is 24.3 Å². The predicted molar refractivity (Wildman–Crippen MR) is 175 cm³/mol. The summed E-state index contributed by atoms with van der Waals surface area (Å²) in [5.74, 6) is 2.70. The molecule has 0 saturated heterocycles. The first-order valence-corrected chi connectivity index (χ1v) is 15.6. The Labute approximate surface area is 274 Å². The van der Waals surface area contributed by atoms with Crippen LogP contribution in [0.4, 0.5) is 0 Å². The highest BCUT2D eigenvalue weighted by Crippen LogP contribution is 2.37. The average Bonchev–Trinajstić information content (AvgIpc) is 3.10. The third-order valence-corrected chi connectivity index (χ3v) is 8.15. The van der Waals surface area contributed by atoms with Gasteiger partial charge in [-0.15, -0.1) is 0 Å². The van der Waals surface area contributed by atoms with Gasteiger partial charge in [-0.3, -0.25) is 4.98 Å². The summed E-state index contributed by atoms with van der Waals surface area (Å²) in [6, 6.07) is 19.6. The topological polar surface area (TPSA) is 163 Å². The van der Waals surface area contributed by atoms with Crippen molar-refractivity contribution in [1.29, 1.82) is 0 Å². The Hall–Kier alpha value is -4.23. The van der Waals surface area contributed by atoms with E-state index in [1.165, 1.54) is 0 Å². The van der Waals surface area contributed by atoms with Crippen molar-refractivity contribution in [2.24, 2.45) is 0 Å². The summed E-state index contributed by atoms with van der Waals surface area (Å²) < 4.78 is 24.0. The molecule has 0 spiro atoms. The second-order valence-electron chi connectivity index (χ2n) is 11.5. The molecule has 47 heavy (non-hydrogen) atoms. The van der Waals surface area contributed by atoms with Crippen LogP contribution in [0.1, 0.15) is 27.8 Å². The smallest absolute Gasteiger partial charge is 0.161 e. The zero-order valence-electron chi connectivity index (χ0n) is 26.5. The van der Waals surface area contributed by atoms with Crippen molar-refractivity contribution in [2.45, 2.75) is 58.0 Å². The number of hydrogen-bond donors (Lipinski definition) is 6. The van der Waals surface area contributed by atoms with Crippen molar-refractivity contribution in [2.75, 3.05) is 26.4 Å². The number of aliphatic hydroxyl groups is 5. The van der Waals surface area contributed by atoms with Crippen molar-refractivity contribution < 1.29 is 44.5 Å². The Morgan fingerprint density at radius 2 is 1.57 bits per heavy atom. The molecule has 3 aromatic carbocycles. The predicted octanol–water partition coefficient (Wildman–Crippen LogP) is 2.82. The highest BCUT2D eigenvalue weighted by molar-refractivity contribution is 5.71. The molecule has 4 unspecified atom stereocenters. The van der Waals surface area contributed by atoms with Gasteiger partial charge in [0, 0.05) is 42.7 Å². The number of aliphatic hydroxyl groups excluding tert-OH is 5. The molecule has 2 heterocycles. The van der Waals surface area contributed by atoms with Crippen molar-refractivity contribution in [3.63, 3.8) is 0 Å².